The fraction of sp³-hybridized carbons (Fsp3) is 0.500. The maximum atomic E-state index is 15.0. The lowest BCUT2D eigenvalue weighted by Gasteiger charge is -2.34. The summed E-state index contributed by atoms with van der Waals surface area (Å²) < 4.78 is 39.2. The van der Waals surface area contributed by atoms with Crippen LogP contribution in [-0.4, -0.2) is 58.6 Å². The number of halogens is 2. The van der Waals surface area contributed by atoms with Crippen molar-refractivity contribution >= 4 is 35.6 Å². The molecule has 2 aliphatic heterocycles. The Labute approximate surface area is 188 Å². The van der Waals surface area contributed by atoms with Crippen LogP contribution in [0.25, 0.3) is 0 Å². The number of amides is 2. The van der Waals surface area contributed by atoms with Crippen LogP contribution in [-0.2, 0) is 16.6 Å². The van der Waals surface area contributed by atoms with Gasteiger partial charge in [0.05, 0.1) is 24.8 Å². The Morgan fingerprint density at radius 2 is 1.94 bits per heavy atom. The van der Waals surface area contributed by atoms with Crippen LogP contribution < -0.4 is 15.1 Å². The molecule has 0 bridgehead atoms. The van der Waals surface area contributed by atoms with Crippen molar-refractivity contribution in [1.29, 1.82) is 0 Å². The molecule has 3 heterocycles. The summed E-state index contributed by atoms with van der Waals surface area (Å²) in [4.78, 5) is 26.0. The number of rotatable bonds is 5. The number of carbonyl (C=O) groups is 2. The predicted octanol–water partition coefficient (Wildman–Crippen LogP) is 2.53. The van der Waals surface area contributed by atoms with E-state index in [-0.39, 0.29) is 36.4 Å². The second-order valence-electron chi connectivity index (χ2n) is 8.00. The lowest BCUT2D eigenvalue weighted by atomic mass is 10.0. The zero-order valence-electron chi connectivity index (χ0n) is 17.8. The Balaban J connectivity index is 1.46. The first kappa shape index (κ1) is 22.2. The molecule has 4 rings (SSSR count). The molecule has 0 spiro atoms. The van der Waals surface area contributed by atoms with Gasteiger partial charge in [-0.05, 0) is 25.1 Å². The van der Waals surface area contributed by atoms with Crippen molar-refractivity contribution in [2.45, 2.75) is 31.9 Å². The van der Waals surface area contributed by atoms with Gasteiger partial charge in [-0.3, -0.25) is 9.69 Å². The number of nitrogens with zero attached hydrogens (tertiary/aromatic N) is 5. The molecule has 2 fully saturated rings. The third-order valence-corrected chi connectivity index (χ3v) is 6.21. The Morgan fingerprint density at radius 3 is 2.50 bits per heavy atom. The third-order valence-electron chi connectivity index (χ3n) is 5.74. The Kier molecular flexibility index (Phi) is 6.13. The van der Waals surface area contributed by atoms with Gasteiger partial charge in [-0.2, -0.15) is 5.10 Å². The molecular weight excluding hydrogens is 442 g/mol. The maximum absolute atomic E-state index is 15.0. The zero-order chi connectivity index (χ0) is 23.0. The fourth-order valence-corrected chi connectivity index (χ4v) is 4.33. The summed E-state index contributed by atoms with van der Waals surface area (Å²) in [5, 5.41) is 6.86. The van der Waals surface area contributed by atoms with Crippen molar-refractivity contribution in [1.82, 2.24) is 19.7 Å². The van der Waals surface area contributed by atoms with Crippen LogP contribution in [0, 0.1) is 16.4 Å². The molecule has 12 heteroatoms. The fourth-order valence-electron chi connectivity index (χ4n) is 4.08. The van der Waals surface area contributed by atoms with E-state index in [1.807, 2.05) is 7.05 Å². The van der Waals surface area contributed by atoms with Crippen LogP contribution in [0.4, 0.5) is 25.0 Å². The van der Waals surface area contributed by atoms with Crippen molar-refractivity contribution in [2.24, 2.45) is 7.05 Å². The predicted molar refractivity (Wildman–Crippen MR) is 115 cm³/mol. The van der Waals surface area contributed by atoms with E-state index in [2.05, 4.69) is 10.4 Å². The van der Waals surface area contributed by atoms with Crippen LogP contribution in [0.2, 0.25) is 0 Å². The zero-order valence-corrected chi connectivity index (χ0v) is 18.6. The van der Waals surface area contributed by atoms with E-state index in [1.54, 1.807) is 20.5 Å². The average molecular weight is 467 g/mol. The molecule has 2 amide bonds. The number of benzene rings is 1. The second kappa shape index (κ2) is 8.85. The summed E-state index contributed by atoms with van der Waals surface area (Å²) in [6.45, 7) is 2.47. The smallest absolute Gasteiger partial charge is 0.414 e. The first-order chi connectivity index (χ1) is 15.2. The first-order valence-corrected chi connectivity index (χ1v) is 10.7. The topological polar surface area (TPSA) is 84.6 Å². The molecule has 0 saturated carbocycles. The van der Waals surface area contributed by atoms with Gasteiger partial charge in [0.1, 0.15) is 18.1 Å². The SMILES string of the molecule is CC(=O)NC[C@H]1CN(c2cc(F)c(N3CCC(n4ncn(C)c4=S)CC3)c(F)c2)C(=O)O1. The lowest BCUT2D eigenvalue weighted by molar-refractivity contribution is -0.119. The van der Waals surface area contributed by atoms with Gasteiger partial charge >= 0.3 is 6.09 Å². The highest BCUT2D eigenvalue weighted by Crippen LogP contribution is 2.34. The summed E-state index contributed by atoms with van der Waals surface area (Å²) in [5.74, 6) is -1.74. The highest BCUT2D eigenvalue weighted by atomic mass is 32.1. The number of hydrogen-bond donors (Lipinski definition) is 1. The van der Waals surface area contributed by atoms with Crippen LogP contribution in [0.1, 0.15) is 25.8 Å². The molecule has 0 radical (unpaired) electrons. The highest BCUT2D eigenvalue weighted by Gasteiger charge is 2.34. The van der Waals surface area contributed by atoms with Crippen molar-refractivity contribution < 1.29 is 23.1 Å². The van der Waals surface area contributed by atoms with E-state index in [0.717, 1.165) is 17.0 Å². The summed E-state index contributed by atoms with van der Waals surface area (Å²) >= 11 is 5.35. The Bertz CT molecular complexity index is 1070. The summed E-state index contributed by atoms with van der Waals surface area (Å²) in [6.07, 6.45) is 1.65. The van der Waals surface area contributed by atoms with E-state index < -0.39 is 23.8 Å². The normalized spacial score (nSPS) is 19.4. The maximum Gasteiger partial charge on any atom is 0.414 e. The average Bonchev–Trinajstić information content (AvgIpc) is 3.28. The molecule has 1 aromatic heterocycles. The van der Waals surface area contributed by atoms with E-state index in [1.165, 1.54) is 6.92 Å². The standard InChI is InChI=1S/C20H24F2N6O3S/c1-12(29)23-9-15-10-27(20(30)31-15)14-7-16(21)18(17(22)8-14)26-5-3-13(4-6-26)28-19(32)25(2)11-24-28/h7-8,11,13,15H,3-6,9-10H2,1-2H3,(H,23,29)/t15-/m0/s1. The minimum absolute atomic E-state index is 0.0743. The molecule has 0 aliphatic carbocycles. The number of nitrogens with one attached hydrogen (secondary N) is 1. The van der Waals surface area contributed by atoms with Crippen LogP contribution in [0.15, 0.2) is 18.5 Å². The van der Waals surface area contributed by atoms with Crippen molar-refractivity contribution in [3.8, 4) is 0 Å². The van der Waals surface area contributed by atoms with Gasteiger partial charge in [-0.1, -0.05) is 0 Å². The van der Waals surface area contributed by atoms with E-state index in [0.29, 0.717) is 30.7 Å². The van der Waals surface area contributed by atoms with Crippen LogP contribution in [0.3, 0.4) is 0 Å². The highest BCUT2D eigenvalue weighted by molar-refractivity contribution is 7.71. The van der Waals surface area contributed by atoms with Gasteiger partial charge < -0.3 is 19.5 Å². The molecule has 9 nitrogen and oxygen atoms in total. The van der Waals surface area contributed by atoms with E-state index in [4.69, 9.17) is 17.0 Å². The molecule has 172 valence electrons. The number of piperidine rings is 1. The van der Waals surface area contributed by atoms with Gasteiger partial charge in [0.15, 0.2) is 16.4 Å². The van der Waals surface area contributed by atoms with Crippen molar-refractivity contribution in [2.75, 3.05) is 36.0 Å². The van der Waals surface area contributed by atoms with Gasteiger partial charge in [-0.25, -0.2) is 18.3 Å². The van der Waals surface area contributed by atoms with Gasteiger partial charge in [-0.15, -0.1) is 0 Å². The number of anilines is 2. The molecule has 0 unspecified atom stereocenters. The van der Waals surface area contributed by atoms with E-state index in [9.17, 15) is 18.4 Å². The van der Waals surface area contributed by atoms with Gasteiger partial charge in [0, 0.05) is 39.2 Å². The minimum Gasteiger partial charge on any atom is -0.442 e. The molecule has 2 aliphatic rings. The van der Waals surface area contributed by atoms with Crippen LogP contribution in [0.5, 0.6) is 0 Å². The number of aromatic nitrogens is 3. The van der Waals surface area contributed by atoms with E-state index >= 15 is 0 Å². The Morgan fingerprint density at radius 1 is 1.28 bits per heavy atom. The number of carbonyl (C=O) groups excluding carboxylic acids is 2. The molecule has 1 atom stereocenters. The molecule has 32 heavy (non-hydrogen) atoms. The first-order valence-electron chi connectivity index (χ1n) is 10.3. The van der Waals surface area contributed by atoms with Crippen LogP contribution >= 0.6 is 12.2 Å². The molecule has 2 saturated heterocycles. The summed E-state index contributed by atoms with van der Waals surface area (Å²) in [5.41, 5.74) is -0.0343. The quantitative estimate of drug-likeness (QED) is 0.682. The monoisotopic (exact) mass is 466 g/mol. The lowest BCUT2D eigenvalue weighted by Crippen LogP contribution is -2.36. The number of ether oxygens (including phenoxy) is 1. The number of hydrogen-bond acceptors (Lipinski definition) is 6. The van der Waals surface area contributed by atoms with Gasteiger partial charge in [0.25, 0.3) is 0 Å². The summed E-state index contributed by atoms with van der Waals surface area (Å²) in [6, 6.07) is 2.35. The largest absolute Gasteiger partial charge is 0.442 e. The third kappa shape index (κ3) is 4.31. The minimum atomic E-state index is -0.744. The number of aryl methyl sites for hydroxylation is 1. The molecule has 1 N–H and O–H groups in total. The number of cyclic esters (lactones) is 1. The van der Waals surface area contributed by atoms with Crippen molar-refractivity contribution in [3.05, 3.63) is 34.9 Å². The molecule has 2 aromatic rings. The second-order valence-corrected chi connectivity index (χ2v) is 8.36. The van der Waals surface area contributed by atoms with Crippen molar-refractivity contribution in [3.63, 3.8) is 0 Å². The molecular formula is C20H24F2N6O3S. The molecule has 1 aromatic carbocycles. The summed E-state index contributed by atoms with van der Waals surface area (Å²) in [7, 11) is 1.82. The Hall–Kier alpha value is -3.02. The van der Waals surface area contributed by atoms with Gasteiger partial charge in [0.2, 0.25) is 5.91 Å².